The first-order chi connectivity index (χ1) is 12.0. The molecule has 2 aromatic carbocycles. The lowest BCUT2D eigenvalue weighted by Gasteiger charge is -2.05. The van der Waals surface area contributed by atoms with Crippen LogP contribution < -0.4 is 4.74 Å². The summed E-state index contributed by atoms with van der Waals surface area (Å²) in [5, 5.41) is 11.7. The Kier molecular flexibility index (Phi) is 5.20. The summed E-state index contributed by atoms with van der Waals surface area (Å²) in [6, 6.07) is 13.2. The van der Waals surface area contributed by atoms with Crippen LogP contribution in [0.4, 0.5) is 8.78 Å². The van der Waals surface area contributed by atoms with E-state index in [0.29, 0.717) is 21.2 Å². The van der Waals surface area contributed by atoms with Crippen LogP contribution in [0, 0.1) is 4.77 Å². The van der Waals surface area contributed by atoms with Crippen LogP contribution in [-0.4, -0.2) is 27.7 Å². The summed E-state index contributed by atoms with van der Waals surface area (Å²) in [4.78, 5) is 0. The number of alkyl halides is 2. The van der Waals surface area contributed by atoms with Crippen LogP contribution in [0.1, 0.15) is 5.56 Å². The minimum atomic E-state index is -2.87. The average Bonchev–Trinajstić information content (AvgIpc) is 2.95. The van der Waals surface area contributed by atoms with Gasteiger partial charge in [-0.3, -0.25) is 0 Å². The normalized spacial score (nSPS) is 11.4. The molecule has 0 saturated carbocycles. The highest BCUT2D eigenvalue weighted by atomic mass is 35.5. The summed E-state index contributed by atoms with van der Waals surface area (Å²) in [7, 11) is 0. The van der Waals surface area contributed by atoms with E-state index >= 15 is 0 Å². The van der Waals surface area contributed by atoms with Gasteiger partial charge in [-0.15, -0.1) is 0 Å². The third-order valence-corrected chi connectivity index (χ3v) is 3.70. The number of hydrogen-bond acceptors (Lipinski definition) is 4. The SMILES string of the molecule is FC(F)Oc1ccc(-c2n[nH]c(=S)n2N=Cc2ccc(Cl)cc2)cc1. The predicted molar refractivity (Wildman–Crippen MR) is 93.9 cm³/mol. The Labute approximate surface area is 151 Å². The van der Waals surface area contributed by atoms with Crippen molar-refractivity contribution < 1.29 is 13.5 Å². The van der Waals surface area contributed by atoms with Gasteiger partial charge in [-0.2, -0.15) is 23.7 Å². The fourth-order valence-electron chi connectivity index (χ4n) is 2.04. The second-order valence-electron chi connectivity index (χ2n) is 4.86. The number of H-pyrrole nitrogens is 1. The third kappa shape index (κ3) is 4.28. The molecule has 0 fully saturated rings. The monoisotopic (exact) mass is 380 g/mol. The van der Waals surface area contributed by atoms with Gasteiger partial charge in [0.15, 0.2) is 5.82 Å². The standard InChI is InChI=1S/C16H11ClF2N4OS/c17-12-5-1-10(2-6-12)9-20-23-14(21-22-16(23)25)11-3-7-13(8-4-11)24-15(18)19/h1-9,15H,(H,22,25). The van der Waals surface area contributed by atoms with Crippen LogP contribution in [0.2, 0.25) is 5.02 Å². The quantitative estimate of drug-likeness (QED) is 0.513. The molecule has 3 rings (SSSR count). The lowest BCUT2D eigenvalue weighted by Crippen LogP contribution is -2.01. The smallest absolute Gasteiger partial charge is 0.387 e. The van der Waals surface area contributed by atoms with Crippen molar-refractivity contribution in [3.05, 3.63) is 63.9 Å². The largest absolute Gasteiger partial charge is 0.435 e. The summed E-state index contributed by atoms with van der Waals surface area (Å²) < 4.78 is 30.5. The van der Waals surface area contributed by atoms with Gasteiger partial charge < -0.3 is 4.74 Å². The molecule has 0 aliphatic heterocycles. The molecule has 0 saturated heterocycles. The van der Waals surface area contributed by atoms with E-state index in [-0.39, 0.29) is 5.75 Å². The number of halogens is 3. The minimum Gasteiger partial charge on any atom is -0.435 e. The van der Waals surface area contributed by atoms with Crippen molar-refractivity contribution in [1.29, 1.82) is 0 Å². The molecule has 9 heteroatoms. The van der Waals surface area contributed by atoms with Gasteiger partial charge in [-0.25, -0.2) is 5.10 Å². The van der Waals surface area contributed by atoms with E-state index in [1.807, 2.05) is 12.1 Å². The van der Waals surface area contributed by atoms with Crippen LogP contribution in [0.25, 0.3) is 11.4 Å². The third-order valence-electron chi connectivity index (χ3n) is 3.18. The Bertz CT molecular complexity index is 936. The zero-order valence-electron chi connectivity index (χ0n) is 12.6. The van der Waals surface area contributed by atoms with Crippen LogP contribution in [0.5, 0.6) is 5.75 Å². The first-order valence-corrected chi connectivity index (χ1v) is 7.84. The topological polar surface area (TPSA) is 55.2 Å². The zero-order valence-corrected chi connectivity index (χ0v) is 14.1. The highest BCUT2D eigenvalue weighted by Gasteiger charge is 2.09. The molecule has 0 radical (unpaired) electrons. The molecular formula is C16H11ClF2N4OS. The van der Waals surface area contributed by atoms with Crippen molar-refractivity contribution in [3.63, 3.8) is 0 Å². The van der Waals surface area contributed by atoms with Gasteiger partial charge in [-0.05, 0) is 54.2 Å². The Morgan fingerprint density at radius 1 is 1.16 bits per heavy atom. The highest BCUT2D eigenvalue weighted by molar-refractivity contribution is 7.71. The van der Waals surface area contributed by atoms with Crippen molar-refractivity contribution in [3.8, 4) is 17.1 Å². The molecular weight excluding hydrogens is 370 g/mol. The maximum Gasteiger partial charge on any atom is 0.387 e. The summed E-state index contributed by atoms with van der Waals surface area (Å²) in [5.41, 5.74) is 1.47. The van der Waals surface area contributed by atoms with Crippen molar-refractivity contribution in [2.45, 2.75) is 6.61 Å². The molecule has 25 heavy (non-hydrogen) atoms. The second kappa shape index (κ2) is 7.54. The maximum atomic E-state index is 12.2. The number of nitrogens with zero attached hydrogens (tertiary/aromatic N) is 3. The van der Waals surface area contributed by atoms with Gasteiger partial charge >= 0.3 is 6.61 Å². The molecule has 0 bridgehead atoms. The molecule has 0 aliphatic rings. The number of aromatic nitrogens is 3. The Morgan fingerprint density at radius 2 is 1.84 bits per heavy atom. The summed E-state index contributed by atoms with van der Waals surface area (Å²) >= 11 is 11.0. The van der Waals surface area contributed by atoms with Crippen LogP contribution >= 0.6 is 23.8 Å². The average molecular weight is 381 g/mol. The maximum absolute atomic E-state index is 12.2. The number of hydrogen-bond donors (Lipinski definition) is 1. The Hall–Kier alpha value is -2.58. The van der Waals surface area contributed by atoms with Crippen molar-refractivity contribution in [2.75, 3.05) is 0 Å². The van der Waals surface area contributed by atoms with Gasteiger partial charge in [0.05, 0.1) is 6.21 Å². The molecule has 128 valence electrons. The van der Waals surface area contributed by atoms with Crippen LogP contribution in [-0.2, 0) is 0 Å². The molecule has 0 atom stereocenters. The van der Waals surface area contributed by atoms with Crippen molar-refractivity contribution >= 4 is 30.0 Å². The Balaban J connectivity index is 1.88. The molecule has 3 aromatic rings. The molecule has 5 nitrogen and oxygen atoms in total. The second-order valence-corrected chi connectivity index (χ2v) is 5.69. The van der Waals surface area contributed by atoms with E-state index in [1.165, 1.54) is 16.8 Å². The summed E-state index contributed by atoms with van der Waals surface area (Å²) in [5.74, 6) is 0.503. The van der Waals surface area contributed by atoms with Crippen LogP contribution in [0.15, 0.2) is 53.6 Å². The van der Waals surface area contributed by atoms with Gasteiger partial charge in [0.25, 0.3) is 0 Å². The fourth-order valence-corrected chi connectivity index (χ4v) is 2.35. The predicted octanol–water partition coefficient (Wildman–Crippen LogP) is 4.74. The zero-order chi connectivity index (χ0) is 17.8. The Morgan fingerprint density at radius 3 is 2.48 bits per heavy atom. The lowest BCUT2D eigenvalue weighted by atomic mass is 10.2. The van der Waals surface area contributed by atoms with E-state index in [9.17, 15) is 8.78 Å². The molecule has 1 aromatic heterocycles. The summed E-state index contributed by atoms with van der Waals surface area (Å²) in [6.07, 6.45) is 1.61. The van der Waals surface area contributed by atoms with Crippen LogP contribution in [0.3, 0.4) is 0 Å². The summed E-state index contributed by atoms with van der Waals surface area (Å²) in [6.45, 7) is -2.87. The van der Waals surface area contributed by atoms with Gasteiger partial charge in [0, 0.05) is 10.6 Å². The molecule has 0 unspecified atom stereocenters. The molecule has 0 aliphatic carbocycles. The highest BCUT2D eigenvalue weighted by Crippen LogP contribution is 2.22. The fraction of sp³-hybridized carbons (Fsp3) is 0.0625. The first kappa shape index (κ1) is 17.2. The van der Waals surface area contributed by atoms with E-state index < -0.39 is 6.61 Å². The van der Waals surface area contributed by atoms with E-state index in [1.54, 1.807) is 30.5 Å². The van der Waals surface area contributed by atoms with E-state index in [0.717, 1.165) is 5.56 Å². The molecule has 0 spiro atoms. The first-order valence-electron chi connectivity index (χ1n) is 7.05. The number of benzene rings is 2. The lowest BCUT2D eigenvalue weighted by molar-refractivity contribution is -0.0498. The molecule has 1 heterocycles. The number of aromatic amines is 1. The van der Waals surface area contributed by atoms with E-state index in [4.69, 9.17) is 23.8 Å². The molecule has 1 N–H and O–H groups in total. The number of rotatable bonds is 5. The number of ether oxygens (including phenoxy) is 1. The van der Waals surface area contributed by atoms with Gasteiger partial charge in [0.1, 0.15) is 5.75 Å². The van der Waals surface area contributed by atoms with Crippen molar-refractivity contribution in [1.82, 2.24) is 14.9 Å². The van der Waals surface area contributed by atoms with Gasteiger partial charge in [0.2, 0.25) is 4.77 Å². The molecule has 0 amide bonds. The number of nitrogens with one attached hydrogen (secondary N) is 1. The van der Waals surface area contributed by atoms with Gasteiger partial charge in [-0.1, -0.05) is 23.7 Å². The van der Waals surface area contributed by atoms with Crippen molar-refractivity contribution in [2.24, 2.45) is 5.10 Å². The van der Waals surface area contributed by atoms with E-state index in [2.05, 4.69) is 20.0 Å². The minimum absolute atomic E-state index is 0.0594.